The van der Waals surface area contributed by atoms with Crippen molar-refractivity contribution in [2.75, 3.05) is 57.9 Å². The third-order valence-electron chi connectivity index (χ3n) is 4.82. The molecule has 3 heterocycles. The number of piperidine rings is 1. The average molecular weight is 323 g/mol. The van der Waals surface area contributed by atoms with Crippen molar-refractivity contribution in [2.45, 2.75) is 12.8 Å². The lowest BCUT2D eigenvalue weighted by molar-refractivity contribution is -0.147. The molecule has 0 aromatic carbocycles. The molecule has 0 radical (unpaired) electrons. The second-order valence-corrected chi connectivity index (χ2v) is 7.12. The molecule has 5 nitrogen and oxygen atoms in total. The summed E-state index contributed by atoms with van der Waals surface area (Å²) < 4.78 is 5.39. The van der Waals surface area contributed by atoms with Crippen LogP contribution in [0.25, 0.3) is 0 Å². The van der Waals surface area contributed by atoms with E-state index in [-0.39, 0.29) is 5.41 Å². The maximum atomic E-state index is 13.1. The molecule has 2 aliphatic rings. The van der Waals surface area contributed by atoms with Gasteiger partial charge in [0.1, 0.15) is 0 Å². The summed E-state index contributed by atoms with van der Waals surface area (Å²) in [5, 5.41) is 6.76. The van der Waals surface area contributed by atoms with Gasteiger partial charge in [-0.3, -0.25) is 4.79 Å². The molecular weight excluding hydrogens is 298 g/mol. The van der Waals surface area contributed by atoms with Gasteiger partial charge < -0.3 is 19.9 Å². The standard InChI is InChI=1S/C16H25N3O2S/c1-21-13-16(4-6-17-7-5-16)15(20)19-10-8-18(9-11-19)14-3-2-12-22-14/h2-3,12,17H,4-11,13H2,1H3. The van der Waals surface area contributed by atoms with E-state index in [1.165, 1.54) is 5.00 Å². The lowest BCUT2D eigenvalue weighted by atomic mass is 9.78. The van der Waals surface area contributed by atoms with Gasteiger partial charge in [-0.05, 0) is 43.4 Å². The molecule has 1 aromatic rings. The second-order valence-electron chi connectivity index (χ2n) is 6.19. The minimum atomic E-state index is -0.314. The molecule has 122 valence electrons. The highest BCUT2D eigenvalue weighted by Gasteiger charge is 2.42. The number of thiophene rings is 1. The highest BCUT2D eigenvalue weighted by Crippen LogP contribution is 2.32. The van der Waals surface area contributed by atoms with Crippen molar-refractivity contribution in [1.29, 1.82) is 0 Å². The summed E-state index contributed by atoms with van der Waals surface area (Å²) in [4.78, 5) is 17.5. The minimum Gasteiger partial charge on any atom is -0.384 e. The molecule has 0 aliphatic carbocycles. The number of methoxy groups -OCH3 is 1. The van der Waals surface area contributed by atoms with E-state index in [4.69, 9.17) is 4.74 Å². The Balaban J connectivity index is 1.63. The van der Waals surface area contributed by atoms with Gasteiger partial charge in [0.25, 0.3) is 0 Å². The van der Waals surface area contributed by atoms with Crippen LogP contribution in [0.1, 0.15) is 12.8 Å². The number of carbonyl (C=O) groups is 1. The third kappa shape index (κ3) is 3.14. The molecule has 0 saturated carbocycles. The van der Waals surface area contributed by atoms with Gasteiger partial charge in [-0.25, -0.2) is 0 Å². The van der Waals surface area contributed by atoms with Crippen LogP contribution in [0.2, 0.25) is 0 Å². The van der Waals surface area contributed by atoms with Gasteiger partial charge in [0.15, 0.2) is 0 Å². The van der Waals surface area contributed by atoms with Gasteiger partial charge in [0, 0.05) is 33.3 Å². The number of nitrogens with one attached hydrogen (secondary N) is 1. The zero-order valence-electron chi connectivity index (χ0n) is 13.2. The number of hydrogen-bond acceptors (Lipinski definition) is 5. The van der Waals surface area contributed by atoms with Crippen LogP contribution >= 0.6 is 11.3 Å². The average Bonchev–Trinajstić information content (AvgIpc) is 3.10. The zero-order chi connectivity index (χ0) is 15.4. The normalized spacial score (nSPS) is 21.9. The fraction of sp³-hybridized carbons (Fsp3) is 0.688. The summed E-state index contributed by atoms with van der Waals surface area (Å²) in [6, 6.07) is 4.24. The van der Waals surface area contributed by atoms with Gasteiger partial charge in [-0.1, -0.05) is 0 Å². The Labute approximate surface area is 136 Å². The number of piperazine rings is 1. The smallest absolute Gasteiger partial charge is 0.231 e. The van der Waals surface area contributed by atoms with Crippen LogP contribution in [0.3, 0.4) is 0 Å². The Kier molecular flexibility index (Phi) is 5.00. The van der Waals surface area contributed by atoms with Crippen LogP contribution in [-0.4, -0.2) is 63.8 Å². The van der Waals surface area contributed by atoms with E-state index in [0.717, 1.165) is 52.1 Å². The Morgan fingerprint density at radius 2 is 2.05 bits per heavy atom. The number of anilines is 1. The lowest BCUT2D eigenvalue weighted by Gasteiger charge is -2.42. The van der Waals surface area contributed by atoms with Crippen LogP contribution in [0.4, 0.5) is 5.00 Å². The molecular formula is C16H25N3O2S. The molecule has 1 aromatic heterocycles. The second kappa shape index (κ2) is 6.98. The SMILES string of the molecule is COCC1(C(=O)N2CCN(c3cccs3)CC2)CCNCC1. The first kappa shape index (κ1) is 15.8. The van der Waals surface area contributed by atoms with E-state index < -0.39 is 0 Å². The number of ether oxygens (including phenoxy) is 1. The molecule has 1 N–H and O–H groups in total. The van der Waals surface area contributed by atoms with E-state index in [9.17, 15) is 4.79 Å². The fourth-order valence-electron chi connectivity index (χ4n) is 3.52. The molecule has 1 amide bonds. The van der Waals surface area contributed by atoms with Gasteiger partial charge in [0.05, 0.1) is 17.0 Å². The maximum absolute atomic E-state index is 13.1. The van der Waals surface area contributed by atoms with Gasteiger partial charge in [-0.2, -0.15) is 0 Å². The number of rotatable bonds is 4. The summed E-state index contributed by atoms with van der Waals surface area (Å²) in [5.74, 6) is 0.293. The van der Waals surface area contributed by atoms with Crippen LogP contribution in [0.15, 0.2) is 17.5 Å². The third-order valence-corrected chi connectivity index (χ3v) is 5.75. The molecule has 0 spiro atoms. The van der Waals surface area contributed by atoms with Crippen LogP contribution in [0, 0.1) is 5.41 Å². The first-order chi connectivity index (χ1) is 10.7. The Bertz CT molecular complexity index is 472. The van der Waals surface area contributed by atoms with Gasteiger partial charge in [-0.15, -0.1) is 11.3 Å². The number of hydrogen-bond donors (Lipinski definition) is 1. The fourth-order valence-corrected chi connectivity index (χ4v) is 4.30. The van der Waals surface area contributed by atoms with Crippen molar-refractivity contribution < 1.29 is 9.53 Å². The molecule has 0 atom stereocenters. The Hall–Kier alpha value is -1.11. The van der Waals surface area contributed by atoms with E-state index in [0.29, 0.717) is 12.5 Å². The van der Waals surface area contributed by atoms with Crippen molar-refractivity contribution in [3.8, 4) is 0 Å². The molecule has 6 heteroatoms. The highest BCUT2D eigenvalue weighted by atomic mass is 32.1. The number of carbonyl (C=O) groups excluding carboxylic acids is 1. The molecule has 22 heavy (non-hydrogen) atoms. The minimum absolute atomic E-state index is 0.293. The molecule has 0 unspecified atom stereocenters. The van der Waals surface area contributed by atoms with Crippen molar-refractivity contribution in [2.24, 2.45) is 5.41 Å². The monoisotopic (exact) mass is 323 g/mol. The first-order valence-corrected chi connectivity index (χ1v) is 8.91. The Morgan fingerprint density at radius 1 is 1.32 bits per heavy atom. The van der Waals surface area contributed by atoms with E-state index in [1.807, 2.05) is 0 Å². The zero-order valence-corrected chi connectivity index (χ0v) is 14.0. The lowest BCUT2D eigenvalue weighted by Crippen LogP contribution is -2.56. The van der Waals surface area contributed by atoms with Crippen molar-refractivity contribution in [3.05, 3.63) is 17.5 Å². The van der Waals surface area contributed by atoms with Crippen molar-refractivity contribution in [3.63, 3.8) is 0 Å². The van der Waals surface area contributed by atoms with Crippen molar-refractivity contribution >= 4 is 22.2 Å². The summed E-state index contributed by atoms with van der Waals surface area (Å²) in [5.41, 5.74) is -0.314. The van der Waals surface area contributed by atoms with E-state index in [2.05, 4.69) is 32.6 Å². The maximum Gasteiger partial charge on any atom is 0.231 e. The summed E-state index contributed by atoms with van der Waals surface area (Å²) >= 11 is 1.77. The summed E-state index contributed by atoms with van der Waals surface area (Å²) in [6.45, 7) is 5.83. The predicted molar refractivity (Wildman–Crippen MR) is 89.5 cm³/mol. The highest BCUT2D eigenvalue weighted by molar-refractivity contribution is 7.14. The van der Waals surface area contributed by atoms with Crippen LogP contribution < -0.4 is 10.2 Å². The topological polar surface area (TPSA) is 44.8 Å². The molecule has 2 saturated heterocycles. The quantitative estimate of drug-likeness (QED) is 0.910. The van der Waals surface area contributed by atoms with Crippen LogP contribution in [0.5, 0.6) is 0 Å². The summed E-state index contributed by atoms with van der Waals surface area (Å²) in [7, 11) is 1.70. The number of amides is 1. The molecule has 0 bridgehead atoms. The number of nitrogens with zero attached hydrogens (tertiary/aromatic N) is 2. The van der Waals surface area contributed by atoms with Crippen molar-refractivity contribution in [1.82, 2.24) is 10.2 Å². The van der Waals surface area contributed by atoms with Gasteiger partial charge >= 0.3 is 0 Å². The molecule has 2 fully saturated rings. The molecule has 2 aliphatic heterocycles. The van der Waals surface area contributed by atoms with Gasteiger partial charge in [0.2, 0.25) is 5.91 Å². The Morgan fingerprint density at radius 3 is 2.64 bits per heavy atom. The van der Waals surface area contributed by atoms with E-state index >= 15 is 0 Å². The summed E-state index contributed by atoms with van der Waals surface area (Å²) in [6.07, 6.45) is 1.76. The molecule has 3 rings (SSSR count). The predicted octanol–water partition coefficient (Wildman–Crippen LogP) is 1.41. The van der Waals surface area contributed by atoms with E-state index in [1.54, 1.807) is 18.4 Å². The first-order valence-electron chi connectivity index (χ1n) is 8.03. The largest absolute Gasteiger partial charge is 0.384 e. The van der Waals surface area contributed by atoms with Crippen LogP contribution in [-0.2, 0) is 9.53 Å².